The van der Waals surface area contributed by atoms with Crippen LogP contribution in [-0.2, 0) is 4.79 Å². The van der Waals surface area contributed by atoms with Crippen molar-refractivity contribution in [2.75, 3.05) is 18.4 Å². The molecule has 2 rings (SSSR count). The largest absolute Gasteiger partial charge is 0.376 e. The summed E-state index contributed by atoms with van der Waals surface area (Å²) in [5.41, 5.74) is 0.878. The quantitative estimate of drug-likeness (QED) is 0.876. The molecule has 2 N–H and O–H groups in total. The van der Waals surface area contributed by atoms with Crippen molar-refractivity contribution in [2.45, 2.75) is 12.8 Å². The smallest absolute Gasteiger partial charge is 0.239 e. The maximum absolute atomic E-state index is 11.5. The van der Waals surface area contributed by atoms with Gasteiger partial charge in [0.05, 0.1) is 11.6 Å². The molecule has 0 heterocycles. The molecular weight excluding hydrogens is 304 g/mol. The van der Waals surface area contributed by atoms with Crippen molar-refractivity contribution in [1.82, 2.24) is 5.32 Å². The number of amides is 1. The zero-order valence-electron chi connectivity index (χ0n) is 9.30. The average molecular weight is 318 g/mol. The van der Waals surface area contributed by atoms with Gasteiger partial charge in [-0.1, -0.05) is 11.6 Å². The van der Waals surface area contributed by atoms with E-state index in [-0.39, 0.29) is 5.91 Å². The first kappa shape index (κ1) is 12.7. The Morgan fingerprint density at radius 3 is 2.88 bits per heavy atom. The molecule has 1 aliphatic rings. The third-order valence-corrected chi connectivity index (χ3v) is 3.87. The summed E-state index contributed by atoms with van der Waals surface area (Å²) in [7, 11) is 0. The number of rotatable bonds is 5. The number of nitrogens with one attached hydrogen (secondary N) is 2. The highest BCUT2D eigenvalue weighted by Gasteiger charge is 2.21. The molecule has 1 aliphatic carbocycles. The van der Waals surface area contributed by atoms with Crippen molar-refractivity contribution in [3.63, 3.8) is 0 Å². The van der Waals surface area contributed by atoms with Crippen molar-refractivity contribution in [1.29, 1.82) is 0 Å². The van der Waals surface area contributed by atoms with E-state index in [0.29, 0.717) is 17.5 Å². The van der Waals surface area contributed by atoms with Crippen LogP contribution < -0.4 is 10.6 Å². The van der Waals surface area contributed by atoms with Gasteiger partial charge in [0.1, 0.15) is 0 Å². The van der Waals surface area contributed by atoms with Crippen LogP contribution in [0, 0.1) is 5.92 Å². The second-order valence-electron chi connectivity index (χ2n) is 4.23. The van der Waals surface area contributed by atoms with Gasteiger partial charge < -0.3 is 10.6 Å². The molecule has 1 saturated carbocycles. The van der Waals surface area contributed by atoms with E-state index in [1.165, 1.54) is 12.8 Å². The number of carbonyl (C=O) groups is 1. The van der Waals surface area contributed by atoms with Crippen LogP contribution in [0.2, 0.25) is 5.02 Å². The van der Waals surface area contributed by atoms with E-state index in [0.717, 1.165) is 16.7 Å². The lowest BCUT2D eigenvalue weighted by Gasteiger charge is -2.08. The summed E-state index contributed by atoms with van der Waals surface area (Å²) in [6.07, 6.45) is 2.50. The van der Waals surface area contributed by atoms with Gasteiger partial charge in [0.25, 0.3) is 0 Å². The van der Waals surface area contributed by atoms with Gasteiger partial charge >= 0.3 is 0 Å². The van der Waals surface area contributed by atoms with Gasteiger partial charge in [0.2, 0.25) is 5.91 Å². The topological polar surface area (TPSA) is 41.1 Å². The Labute approximate surface area is 114 Å². The minimum Gasteiger partial charge on any atom is -0.376 e. The summed E-state index contributed by atoms with van der Waals surface area (Å²) >= 11 is 9.22. The van der Waals surface area contributed by atoms with Crippen LogP contribution in [0.1, 0.15) is 12.8 Å². The van der Waals surface area contributed by atoms with Gasteiger partial charge in [0.15, 0.2) is 0 Å². The molecule has 1 aromatic carbocycles. The minimum absolute atomic E-state index is 0.0305. The number of hydrogen-bond acceptors (Lipinski definition) is 2. The van der Waals surface area contributed by atoms with Crippen LogP contribution in [0.5, 0.6) is 0 Å². The number of hydrogen-bond donors (Lipinski definition) is 2. The summed E-state index contributed by atoms with van der Waals surface area (Å²) in [6.45, 7) is 1.10. The Kier molecular flexibility index (Phi) is 4.29. The zero-order valence-corrected chi connectivity index (χ0v) is 11.6. The highest BCUT2D eigenvalue weighted by molar-refractivity contribution is 9.10. The predicted molar refractivity (Wildman–Crippen MR) is 73.4 cm³/mol. The van der Waals surface area contributed by atoms with E-state index >= 15 is 0 Å². The van der Waals surface area contributed by atoms with Crippen molar-refractivity contribution in [2.24, 2.45) is 5.92 Å². The molecule has 3 nitrogen and oxygen atoms in total. The lowest BCUT2D eigenvalue weighted by Crippen LogP contribution is -2.31. The van der Waals surface area contributed by atoms with Crippen LogP contribution in [0.4, 0.5) is 5.69 Å². The van der Waals surface area contributed by atoms with Crippen molar-refractivity contribution >= 4 is 39.1 Å². The van der Waals surface area contributed by atoms with E-state index in [1.807, 2.05) is 12.1 Å². The Bertz CT molecular complexity index is 421. The summed E-state index contributed by atoms with van der Waals surface area (Å²) in [6, 6.07) is 5.49. The number of halogens is 2. The van der Waals surface area contributed by atoms with Crippen molar-refractivity contribution < 1.29 is 4.79 Å². The molecular formula is C12H14BrClN2O. The predicted octanol–water partition coefficient (Wildman–Crippen LogP) is 3.04. The number of carbonyl (C=O) groups excluding carboxylic acids is 1. The van der Waals surface area contributed by atoms with E-state index in [9.17, 15) is 4.79 Å². The first-order valence-electron chi connectivity index (χ1n) is 5.61. The third kappa shape index (κ3) is 4.21. The summed E-state index contributed by atoms with van der Waals surface area (Å²) in [5.74, 6) is 0.742. The first-order valence-corrected chi connectivity index (χ1v) is 6.78. The standard InChI is InChI=1S/C12H14BrClN2O/c13-10-5-9(3-4-11(10)14)15-7-12(17)16-6-8-1-2-8/h3-5,8,15H,1-2,6-7H2,(H,16,17). The van der Waals surface area contributed by atoms with E-state index < -0.39 is 0 Å². The molecule has 0 saturated heterocycles. The van der Waals surface area contributed by atoms with Crippen LogP contribution in [0.25, 0.3) is 0 Å². The second kappa shape index (κ2) is 5.74. The molecule has 0 spiro atoms. The Hall–Kier alpha value is -0.740. The Morgan fingerprint density at radius 1 is 1.47 bits per heavy atom. The molecule has 0 radical (unpaired) electrons. The fourth-order valence-electron chi connectivity index (χ4n) is 1.43. The van der Waals surface area contributed by atoms with Crippen molar-refractivity contribution in [3.8, 4) is 0 Å². The molecule has 1 aromatic rings. The van der Waals surface area contributed by atoms with E-state index in [4.69, 9.17) is 11.6 Å². The number of benzene rings is 1. The van der Waals surface area contributed by atoms with Gasteiger partial charge in [-0.3, -0.25) is 4.79 Å². The van der Waals surface area contributed by atoms with Gasteiger partial charge in [-0.25, -0.2) is 0 Å². The Morgan fingerprint density at radius 2 is 2.24 bits per heavy atom. The lowest BCUT2D eigenvalue weighted by atomic mass is 10.3. The fraction of sp³-hybridized carbons (Fsp3) is 0.417. The van der Waals surface area contributed by atoms with E-state index in [1.54, 1.807) is 6.07 Å². The summed E-state index contributed by atoms with van der Waals surface area (Å²) in [4.78, 5) is 11.5. The van der Waals surface area contributed by atoms with Gasteiger partial charge in [-0.05, 0) is 52.9 Å². The maximum atomic E-state index is 11.5. The highest BCUT2D eigenvalue weighted by atomic mass is 79.9. The molecule has 0 unspecified atom stereocenters. The SMILES string of the molecule is O=C(CNc1ccc(Cl)c(Br)c1)NCC1CC1. The second-order valence-corrected chi connectivity index (χ2v) is 5.49. The molecule has 17 heavy (non-hydrogen) atoms. The van der Waals surface area contributed by atoms with Crippen molar-refractivity contribution in [3.05, 3.63) is 27.7 Å². The molecule has 1 fully saturated rings. The minimum atomic E-state index is 0.0305. The number of anilines is 1. The monoisotopic (exact) mass is 316 g/mol. The molecule has 0 atom stereocenters. The first-order chi connectivity index (χ1) is 8.15. The zero-order chi connectivity index (χ0) is 12.3. The average Bonchev–Trinajstić information content (AvgIpc) is 3.12. The van der Waals surface area contributed by atoms with Crippen LogP contribution in [0.3, 0.4) is 0 Å². The lowest BCUT2D eigenvalue weighted by molar-refractivity contribution is -0.119. The molecule has 92 valence electrons. The normalized spacial score (nSPS) is 14.5. The highest BCUT2D eigenvalue weighted by Crippen LogP contribution is 2.27. The molecule has 0 bridgehead atoms. The van der Waals surface area contributed by atoms with E-state index in [2.05, 4.69) is 26.6 Å². The third-order valence-electron chi connectivity index (χ3n) is 2.66. The summed E-state index contributed by atoms with van der Waals surface area (Å²) < 4.78 is 0.822. The van der Waals surface area contributed by atoms with Gasteiger partial charge in [0, 0.05) is 16.7 Å². The molecule has 1 amide bonds. The van der Waals surface area contributed by atoms with Crippen LogP contribution in [-0.4, -0.2) is 19.0 Å². The fourth-order valence-corrected chi connectivity index (χ4v) is 1.93. The van der Waals surface area contributed by atoms with Crippen LogP contribution in [0.15, 0.2) is 22.7 Å². The maximum Gasteiger partial charge on any atom is 0.239 e. The van der Waals surface area contributed by atoms with Gasteiger partial charge in [-0.15, -0.1) is 0 Å². The summed E-state index contributed by atoms with van der Waals surface area (Å²) in [5, 5.41) is 6.62. The molecule has 0 aromatic heterocycles. The molecule has 0 aliphatic heterocycles. The molecule has 5 heteroatoms. The van der Waals surface area contributed by atoms with Crippen LogP contribution >= 0.6 is 27.5 Å². The van der Waals surface area contributed by atoms with Gasteiger partial charge in [-0.2, -0.15) is 0 Å². The Balaban J connectivity index is 1.75.